The lowest BCUT2D eigenvalue weighted by Crippen LogP contribution is -2.26. The summed E-state index contributed by atoms with van der Waals surface area (Å²) >= 11 is 5.86. The minimum atomic E-state index is -0.434. The molecule has 1 aromatic heterocycles. The quantitative estimate of drug-likeness (QED) is 0.761. The Balaban J connectivity index is 2.87. The van der Waals surface area contributed by atoms with E-state index in [4.69, 9.17) is 23.1 Å². The summed E-state index contributed by atoms with van der Waals surface area (Å²) < 4.78 is 1.15. The zero-order chi connectivity index (χ0) is 12.8. The van der Waals surface area contributed by atoms with Gasteiger partial charge in [0.1, 0.15) is 12.2 Å². The topological polar surface area (TPSA) is 67.2 Å². The van der Waals surface area contributed by atoms with Gasteiger partial charge in [-0.2, -0.15) is 5.10 Å². The first-order chi connectivity index (χ1) is 8.06. The van der Waals surface area contributed by atoms with Gasteiger partial charge in [0.05, 0.1) is 17.3 Å². The summed E-state index contributed by atoms with van der Waals surface area (Å²) in [5.74, 6) is 2.34. The Bertz CT molecular complexity index is 477. The van der Waals surface area contributed by atoms with E-state index in [0.717, 1.165) is 4.68 Å². The van der Waals surface area contributed by atoms with Crippen LogP contribution in [0, 0.1) is 12.3 Å². The maximum atomic E-state index is 11.9. The summed E-state index contributed by atoms with van der Waals surface area (Å²) in [6.07, 6.45) is 6.57. The molecule has 2 N–H and O–H groups in total. The van der Waals surface area contributed by atoms with Crippen LogP contribution in [-0.4, -0.2) is 27.5 Å². The molecule has 0 fully saturated rings. The van der Waals surface area contributed by atoms with Crippen LogP contribution in [-0.2, 0) is 6.54 Å². The van der Waals surface area contributed by atoms with E-state index in [9.17, 15) is 4.79 Å². The summed E-state index contributed by atoms with van der Waals surface area (Å²) in [6.45, 7) is 2.22. The molecule has 0 spiro atoms. The molecule has 1 atom stereocenters. The van der Waals surface area contributed by atoms with Crippen LogP contribution in [0.5, 0.6) is 0 Å². The van der Waals surface area contributed by atoms with E-state index in [0.29, 0.717) is 13.0 Å². The third-order valence-electron chi connectivity index (χ3n) is 2.10. The first-order valence-corrected chi connectivity index (χ1v) is 5.55. The van der Waals surface area contributed by atoms with Crippen LogP contribution >= 0.6 is 11.6 Å². The van der Waals surface area contributed by atoms with Gasteiger partial charge in [-0.25, -0.2) is 4.68 Å². The zero-order valence-electron chi connectivity index (χ0n) is 9.48. The number of aromatic nitrogens is 2. The van der Waals surface area contributed by atoms with Gasteiger partial charge < -0.3 is 10.4 Å². The molecule has 0 aromatic carbocycles. The number of anilines is 1. The van der Waals surface area contributed by atoms with Crippen molar-refractivity contribution in [3.8, 4) is 12.3 Å². The minimum absolute atomic E-state index is 0.0983. The monoisotopic (exact) mass is 255 g/mol. The van der Waals surface area contributed by atoms with Crippen molar-refractivity contribution in [1.29, 1.82) is 0 Å². The Labute approximate surface area is 104 Å². The zero-order valence-corrected chi connectivity index (χ0v) is 10.2. The third kappa shape index (κ3) is 3.77. The highest BCUT2D eigenvalue weighted by Crippen LogP contribution is 2.14. The number of rotatable bonds is 5. The number of hydrogen-bond acceptors (Lipinski definition) is 4. The van der Waals surface area contributed by atoms with E-state index in [1.807, 2.05) is 0 Å². The van der Waals surface area contributed by atoms with Gasteiger partial charge in [-0.1, -0.05) is 17.5 Å². The second-order valence-electron chi connectivity index (χ2n) is 3.60. The van der Waals surface area contributed by atoms with Crippen LogP contribution in [0.2, 0.25) is 5.02 Å². The molecule has 0 radical (unpaired) electrons. The average Bonchev–Trinajstić information content (AvgIpc) is 2.27. The second kappa shape index (κ2) is 6.28. The van der Waals surface area contributed by atoms with Crippen LogP contribution in [0.1, 0.15) is 13.3 Å². The van der Waals surface area contributed by atoms with Crippen molar-refractivity contribution in [1.82, 2.24) is 9.78 Å². The van der Waals surface area contributed by atoms with Crippen molar-refractivity contribution in [2.24, 2.45) is 0 Å². The molecular weight excluding hydrogens is 242 g/mol. The van der Waals surface area contributed by atoms with Crippen molar-refractivity contribution in [3.63, 3.8) is 0 Å². The van der Waals surface area contributed by atoms with Crippen LogP contribution in [0.25, 0.3) is 0 Å². The van der Waals surface area contributed by atoms with Crippen molar-refractivity contribution in [2.75, 3.05) is 11.9 Å². The van der Waals surface area contributed by atoms with Crippen LogP contribution in [0.3, 0.4) is 0 Å². The molecule has 0 saturated carbocycles. The van der Waals surface area contributed by atoms with Crippen molar-refractivity contribution in [3.05, 3.63) is 21.6 Å². The minimum Gasteiger partial charge on any atom is -0.393 e. The highest BCUT2D eigenvalue weighted by molar-refractivity contribution is 6.32. The summed E-state index contributed by atoms with van der Waals surface area (Å²) in [5.41, 5.74) is -0.0985. The van der Waals surface area contributed by atoms with Crippen LogP contribution in [0.15, 0.2) is 11.0 Å². The van der Waals surface area contributed by atoms with Gasteiger partial charge in [0, 0.05) is 6.54 Å². The Morgan fingerprint density at radius 3 is 3.06 bits per heavy atom. The molecule has 0 aliphatic carbocycles. The van der Waals surface area contributed by atoms with Gasteiger partial charge >= 0.3 is 0 Å². The molecule has 1 rings (SSSR count). The molecule has 17 heavy (non-hydrogen) atoms. The molecular formula is C11H14ClN3O2. The summed E-state index contributed by atoms with van der Waals surface area (Å²) in [6, 6.07) is 0. The fourth-order valence-corrected chi connectivity index (χ4v) is 1.43. The molecule has 5 nitrogen and oxygen atoms in total. The largest absolute Gasteiger partial charge is 0.393 e. The number of hydrogen-bond donors (Lipinski definition) is 2. The van der Waals surface area contributed by atoms with E-state index >= 15 is 0 Å². The first-order valence-electron chi connectivity index (χ1n) is 5.17. The molecule has 0 saturated heterocycles. The molecule has 1 unspecified atom stereocenters. The van der Waals surface area contributed by atoms with E-state index in [1.165, 1.54) is 6.20 Å². The fourth-order valence-electron chi connectivity index (χ4n) is 1.23. The molecule has 1 aromatic rings. The number of nitrogens with zero attached hydrogens (tertiary/aromatic N) is 2. The first kappa shape index (κ1) is 13.6. The Morgan fingerprint density at radius 2 is 2.47 bits per heavy atom. The summed E-state index contributed by atoms with van der Waals surface area (Å²) in [4.78, 5) is 11.9. The fraction of sp³-hybridized carbons (Fsp3) is 0.455. The molecule has 0 aliphatic rings. The van der Waals surface area contributed by atoms with E-state index in [1.54, 1.807) is 6.92 Å². The van der Waals surface area contributed by atoms with Gasteiger partial charge in [-0.3, -0.25) is 4.79 Å². The van der Waals surface area contributed by atoms with Crippen LogP contribution in [0.4, 0.5) is 5.69 Å². The maximum Gasteiger partial charge on any atom is 0.292 e. The van der Waals surface area contributed by atoms with Gasteiger partial charge in [0.15, 0.2) is 0 Å². The summed E-state index contributed by atoms with van der Waals surface area (Å²) in [7, 11) is 0. The number of terminal acetylenes is 1. The lowest BCUT2D eigenvalue weighted by molar-refractivity contribution is 0.188. The predicted molar refractivity (Wildman–Crippen MR) is 67.1 cm³/mol. The smallest absolute Gasteiger partial charge is 0.292 e. The SMILES string of the molecule is C#CCn1ncc(Cl)c(NCCC(C)O)c1=O. The highest BCUT2D eigenvalue weighted by atomic mass is 35.5. The normalized spacial score (nSPS) is 11.9. The number of halogens is 1. The summed E-state index contributed by atoms with van der Waals surface area (Å²) in [5, 5.41) is 16.0. The second-order valence-corrected chi connectivity index (χ2v) is 4.01. The van der Waals surface area contributed by atoms with Crippen molar-refractivity contribution >= 4 is 17.3 Å². The molecule has 0 bridgehead atoms. The van der Waals surface area contributed by atoms with E-state index in [-0.39, 0.29) is 22.8 Å². The predicted octanol–water partition coefficient (Wildman–Crippen LogP) is 0.713. The number of aliphatic hydroxyl groups is 1. The molecule has 6 heteroatoms. The van der Waals surface area contributed by atoms with E-state index in [2.05, 4.69) is 16.3 Å². The molecule has 1 heterocycles. The maximum absolute atomic E-state index is 11.9. The van der Waals surface area contributed by atoms with Gasteiger partial charge in [0.2, 0.25) is 0 Å². The lowest BCUT2D eigenvalue weighted by Gasteiger charge is -2.10. The lowest BCUT2D eigenvalue weighted by atomic mass is 10.3. The van der Waals surface area contributed by atoms with E-state index < -0.39 is 6.10 Å². The average molecular weight is 256 g/mol. The van der Waals surface area contributed by atoms with Crippen molar-refractivity contribution in [2.45, 2.75) is 26.0 Å². The van der Waals surface area contributed by atoms with Gasteiger partial charge in [-0.05, 0) is 13.3 Å². The highest BCUT2D eigenvalue weighted by Gasteiger charge is 2.09. The van der Waals surface area contributed by atoms with Gasteiger partial charge in [-0.15, -0.1) is 6.42 Å². The Morgan fingerprint density at radius 1 is 1.76 bits per heavy atom. The number of aliphatic hydroxyl groups excluding tert-OH is 1. The molecule has 0 amide bonds. The standard InChI is InChI=1S/C11H14ClN3O2/c1-3-6-15-11(17)10(9(12)7-14-15)13-5-4-8(2)16/h1,7-8,13,16H,4-6H2,2H3. The molecule has 92 valence electrons. The van der Waals surface area contributed by atoms with Crippen LogP contribution < -0.4 is 10.9 Å². The Kier molecular flexibility index (Phi) is 5.01. The molecule has 0 aliphatic heterocycles. The number of nitrogens with one attached hydrogen (secondary N) is 1. The van der Waals surface area contributed by atoms with Crippen molar-refractivity contribution < 1.29 is 5.11 Å². The van der Waals surface area contributed by atoms with Gasteiger partial charge in [0.25, 0.3) is 5.56 Å². The Hall–Kier alpha value is -1.51. The third-order valence-corrected chi connectivity index (χ3v) is 2.39.